The number of hydrogen-bond acceptors (Lipinski definition) is 8. The number of nitrogens with zero attached hydrogens (tertiary/aromatic N) is 2. The zero-order chi connectivity index (χ0) is 27.7. The van der Waals surface area contributed by atoms with Crippen molar-refractivity contribution in [1.29, 1.82) is 0 Å². The van der Waals surface area contributed by atoms with E-state index in [-0.39, 0.29) is 24.5 Å². The molecule has 0 aliphatic carbocycles. The maximum absolute atomic E-state index is 13.6. The van der Waals surface area contributed by atoms with Crippen molar-refractivity contribution in [1.82, 2.24) is 9.80 Å². The summed E-state index contributed by atoms with van der Waals surface area (Å²) in [4.78, 5) is 17.6. The van der Waals surface area contributed by atoms with Crippen LogP contribution in [0.4, 0.5) is 0 Å². The van der Waals surface area contributed by atoms with Crippen molar-refractivity contribution in [2.75, 3.05) is 67.3 Å². The Kier molecular flexibility index (Phi) is 11.3. The van der Waals surface area contributed by atoms with Crippen LogP contribution >= 0.6 is 11.6 Å². The smallest absolute Gasteiger partial charge is 0.254 e. The fraction of sp³-hybridized carbons (Fsp3) is 0.536. The predicted octanol–water partition coefficient (Wildman–Crippen LogP) is 3.60. The second kappa shape index (κ2) is 14.4. The summed E-state index contributed by atoms with van der Waals surface area (Å²) in [5.74, 6) is 2.06. The molecule has 0 saturated carbocycles. The fourth-order valence-corrected chi connectivity index (χ4v) is 4.57. The zero-order valence-corrected chi connectivity index (χ0v) is 23.6. The summed E-state index contributed by atoms with van der Waals surface area (Å²) in [5.41, 5.74) is 0.447. The Hall–Kier alpha value is -2.72. The molecule has 1 saturated heterocycles. The van der Waals surface area contributed by atoms with Crippen molar-refractivity contribution in [3.8, 4) is 23.0 Å². The van der Waals surface area contributed by atoms with Gasteiger partial charge in [0, 0.05) is 43.3 Å². The third-order valence-corrected chi connectivity index (χ3v) is 6.41. The average molecular weight is 551 g/mol. The Morgan fingerprint density at radius 3 is 2.37 bits per heavy atom. The normalized spacial score (nSPS) is 16.7. The van der Waals surface area contributed by atoms with Gasteiger partial charge in [-0.25, -0.2) is 0 Å². The van der Waals surface area contributed by atoms with E-state index < -0.39 is 6.10 Å². The minimum atomic E-state index is -0.669. The van der Waals surface area contributed by atoms with E-state index in [1.54, 1.807) is 41.3 Å². The molecule has 0 spiro atoms. The summed E-state index contributed by atoms with van der Waals surface area (Å²) in [6, 6.07) is 10.4. The number of hydrogen-bond donors (Lipinski definition) is 1. The van der Waals surface area contributed by atoms with Crippen LogP contribution in [0.3, 0.4) is 0 Å². The van der Waals surface area contributed by atoms with E-state index in [9.17, 15) is 9.90 Å². The lowest BCUT2D eigenvalue weighted by Crippen LogP contribution is -2.51. The van der Waals surface area contributed by atoms with Gasteiger partial charge >= 0.3 is 0 Å². The second-order valence-electron chi connectivity index (χ2n) is 9.69. The van der Waals surface area contributed by atoms with E-state index in [1.807, 2.05) is 0 Å². The molecule has 1 aliphatic heterocycles. The van der Waals surface area contributed by atoms with Gasteiger partial charge in [-0.1, -0.05) is 25.4 Å². The van der Waals surface area contributed by atoms with Crippen LogP contribution in [0.2, 0.25) is 5.02 Å². The molecule has 38 heavy (non-hydrogen) atoms. The highest BCUT2D eigenvalue weighted by atomic mass is 35.5. The SMILES string of the molecule is COc1cc(C(=O)N(CC(C)C)C[C@@H]2CN(C[C@H](O)COc3ccc(Cl)cc3)CCO2)cc(OC)c1OC. The van der Waals surface area contributed by atoms with E-state index in [1.165, 1.54) is 21.3 Å². The summed E-state index contributed by atoms with van der Waals surface area (Å²) >= 11 is 5.91. The first kappa shape index (κ1) is 29.8. The number of β-amino-alcohol motifs (C(OH)–C–C–N with tert-alkyl or cyclic N) is 1. The number of morpholine rings is 1. The Morgan fingerprint density at radius 1 is 1.13 bits per heavy atom. The van der Waals surface area contributed by atoms with Gasteiger partial charge in [0.25, 0.3) is 5.91 Å². The van der Waals surface area contributed by atoms with Gasteiger partial charge in [0.2, 0.25) is 5.75 Å². The Balaban J connectivity index is 1.63. The molecule has 1 fully saturated rings. The lowest BCUT2D eigenvalue weighted by molar-refractivity contribution is -0.0542. The molecule has 3 rings (SSSR count). The van der Waals surface area contributed by atoms with Gasteiger partial charge in [-0.3, -0.25) is 9.69 Å². The van der Waals surface area contributed by atoms with E-state index in [2.05, 4.69) is 18.7 Å². The van der Waals surface area contributed by atoms with Gasteiger partial charge in [-0.05, 0) is 42.3 Å². The van der Waals surface area contributed by atoms with Crippen LogP contribution in [0.1, 0.15) is 24.2 Å². The summed E-state index contributed by atoms with van der Waals surface area (Å²) < 4.78 is 28.0. The Morgan fingerprint density at radius 2 is 1.79 bits per heavy atom. The molecule has 1 heterocycles. The van der Waals surface area contributed by atoms with Crippen LogP contribution in [0.5, 0.6) is 23.0 Å². The summed E-state index contributed by atoms with van der Waals surface area (Å²) in [6.07, 6.45) is -0.866. The topological polar surface area (TPSA) is 89.9 Å². The van der Waals surface area contributed by atoms with Crippen molar-refractivity contribution in [2.24, 2.45) is 5.92 Å². The van der Waals surface area contributed by atoms with Gasteiger partial charge in [0.1, 0.15) is 18.5 Å². The number of carbonyl (C=O) groups is 1. The van der Waals surface area contributed by atoms with E-state index in [0.717, 1.165) is 0 Å². The van der Waals surface area contributed by atoms with Gasteiger partial charge in [-0.2, -0.15) is 0 Å². The molecule has 2 aromatic carbocycles. The lowest BCUT2D eigenvalue weighted by atomic mass is 10.1. The fourth-order valence-electron chi connectivity index (χ4n) is 4.44. The molecule has 2 atom stereocenters. The number of benzene rings is 2. The molecule has 0 aromatic heterocycles. The standard InChI is InChI=1S/C28H39ClN2O7/c1-19(2)14-31(28(33)20-12-25(34-3)27(36-5)26(13-20)35-4)17-24-16-30(10-11-37-24)15-22(32)18-38-23-8-6-21(29)7-9-23/h6-9,12-13,19,22,24,32H,10-11,14-18H2,1-5H3/t22-,24-/m0/s1. The predicted molar refractivity (Wildman–Crippen MR) is 146 cm³/mol. The van der Waals surface area contributed by atoms with E-state index in [4.69, 9.17) is 35.3 Å². The van der Waals surface area contributed by atoms with Crippen molar-refractivity contribution >= 4 is 17.5 Å². The molecule has 0 bridgehead atoms. The first-order valence-electron chi connectivity index (χ1n) is 12.7. The molecular weight excluding hydrogens is 512 g/mol. The molecule has 0 unspecified atom stereocenters. The Labute approximate surface area is 230 Å². The molecule has 2 aromatic rings. The largest absolute Gasteiger partial charge is 0.493 e. The number of carbonyl (C=O) groups excluding carboxylic acids is 1. The number of ether oxygens (including phenoxy) is 5. The highest BCUT2D eigenvalue weighted by Gasteiger charge is 2.28. The van der Waals surface area contributed by atoms with Gasteiger partial charge in [0.15, 0.2) is 11.5 Å². The van der Waals surface area contributed by atoms with Crippen molar-refractivity contribution in [3.63, 3.8) is 0 Å². The van der Waals surface area contributed by atoms with Crippen molar-refractivity contribution in [3.05, 3.63) is 47.0 Å². The van der Waals surface area contributed by atoms with Gasteiger partial charge in [-0.15, -0.1) is 0 Å². The molecule has 9 nitrogen and oxygen atoms in total. The molecular formula is C28H39ClN2O7. The summed E-state index contributed by atoms with van der Waals surface area (Å²) in [5, 5.41) is 11.2. The monoisotopic (exact) mass is 550 g/mol. The third-order valence-electron chi connectivity index (χ3n) is 6.16. The zero-order valence-electron chi connectivity index (χ0n) is 22.8. The quantitative estimate of drug-likeness (QED) is 0.405. The van der Waals surface area contributed by atoms with Crippen LogP contribution < -0.4 is 18.9 Å². The van der Waals surface area contributed by atoms with Crippen molar-refractivity contribution < 1.29 is 33.6 Å². The van der Waals surface area contributed by atoms with Crippen LogP contribution in [0.15, 0.2) is 36.4 Å². The van der Waals surface area contributed by atoms with Crippen LogP contribution in [0, 0.1) is 5.92 Å². The second-order valence-corrected chi connectivity index (χ2v) is 10.1. The van der Waals surface area contributed by atoms with E-state index >= 15 is 0 Å². The summed E-state index contributed by atoms with van der Waals surface area (Å²) in [7, 11) is 4.58. The molecule has 1 amide bonds. The maximum atomic E-state index is 13.6. The minimum Gasteiger partial charge on any atom is -0.493 e. The molecule has 1 aliphatic rings. The van der Waals surface area contributed by atoms with Gasteiger partial charge in [0.05, 0.1) is 34.0 Å². The third kappa shape index (κ3) is 8.39. The number of aliphatic hydroxyl groups is 1. The lowest BCUT2D eigenvalue weighted by Gasteiger charge is -2.37. The highest BCUT2D eigenvalue weighted by molar-refractivity contribution is 6.30. The number of methoxy groups -OCH3 is 3. The molecule has 1 N–H and O–H groups in total. The van der Waals surface area contributed by atoms with Crippen LogP contribution in [-0.2, 0) is 4.74 Å². The average Bonchev–Trinajstić information content (AvgIpc) is 2.91. The van der Waals surface area contributed by atoms with Crippen LogP contribution in [-0.4, -0.2) is 100 Å². The number of rotatable bonds is 13. The molecule has 0 radical (unpaired) electrons. The molecule has 210 valence electrons. The van der Waals surface area contributed by atoms with Gasteiger partial charge < -0.3 is 33.7 Å². The maximum Gasteiger partial charge on any atom is 0.254 e. The van der Waals surface area contributed by atoms with E-state index in [0.29, 0.717) is 72.9 Å². The molecule has 10 heteroatoms. The number of aliphatic hydroxyl groups excluding tert-OH is 1. The van der Waals surface area contributed by atoms with Crippen LogP contribution in [0.25, 0.3) is 0 Å². The number of amides is 1. The van der Waals surface area contributed by atoms with Crippen molar-refractivity contribution in [2.45, 2.75) is 26.1 Å². The summed E-state index contributed by atoms with van der Waals surface area (Å²) in [6.45, 7) is 7.54. The minimum absolute atomic E-state index is 0.143. The highest BCUT2D eigenvalue weighted by Crippen LogP contribution is 2.38. The Bertz CT molecular complexity index is 1010. The first-order chi connectivity index (χ1) is 18.2. The first-order valence-corrected chi connectivity index (χ1v) is 13.1. The number of halogens is 1.